The van der Waals surface area contributed by atoms with Crippen molar-refractivity contribution in [3.63, 3.8) is 0 Å². The van der Waals surface area contributed by atoms with Gasteiger partial charge in [0.1, 0.15) is 0 Å². The van der Waals surface area contributed by atoms with Crippen LogP contribution in [0.3, 0.4) is 0 Å². The lowest BCUT2D eigenvalue weighted by molar-refractivity contribution is 0.250. The molecule has 2 aliphatic heterocycles. The highest BCUT2D eigenvalue weighted by Gasteiger charge is 2.31. The number of hydrogen-bond donors (Lipinski definition) is 2. The fourth-order valence-electron chi connectivity index (χ4n) is 3.62. The molecule has 0 amide bonds. The number of piperazine rings is 2. The summed E-state index contributed by atoms with van der Waals surface area (Å²) in [5.41, 5.74) is 2.79. The van der Waals surface area contributed by atoms with Gasteiger partial charge in [-0.25, -0.2) is 8.61 Å². The number of hydrogen-bond acceptors (Lipinski definition) is 5. The molecule has 0 aromatic heterocycles. The van der Waals surface area contributed by atoms with Crippen LogP contribution in [0.25, 0.3) is 0 Å². The molecule has 2 aromatic carbocycles. The van der Waals surface area contributed by atoms with Gasteiger partial charge >= 0.3 is 1.43 Å². The highest BCUT2D eigenvalue weighted by atomic mass is 32.2. The van der Waals surface area contributed by atoms with Gasteiger partial charge < -0.3 is 10.6 Å². The minimum absolute atomic E-state index is 0. The molecule has 2 aliphatic rings. The first-order valence-corrected chi connectivity index (χ1v) is 9.87. The van der Waals surface area contributed by atoms with Gasteiger partial charge in [-0.05, 0) is 11.1 Å². The summed E-state index contributed by atoms with van der Waals surface area (Å²) in [7, 11) is 0. The Labute approximate surface area is 156 Å². The van der Waals surface area contributed by atoms with Gasteiger partial charge in [0.15, 0.2) is 0 Å². The molecule has 4 nitrogen and oxygen atoms in total. The van der Waals surface area contributed by atoms with Crippen molar-refractivity contribution in [2.24, 2.45) is 0 Å². The van der Waals surface area contributed by atoms with Gasteiger partial charge in [0.25, 0.3) is 0 Å². The minimum Gasteiger partial charge on any atom is -0.313 e. The van der Waals surface area contributed by atoms with Crippen LogP contribution in [-0.2, 0) is 0 Å². The Morgan fingerprint density at radius 3 is 1.60 bits per heavy atom. The van der Waals surface area contributed by atoms with Crippen molar-refractivity contribution >= 4 is 12.1 Å². The molecule has 0 aliphatic carbocycles. The third kappa shape index (κ3) is 4.07. The molecule has 132 valence electrons. The molecule has 5 heteroatoms. The molecule has 25 heavy (non-hydrogen) atoms. The van der Waals surface area contributed by atoms with Crippen LogP contribution in [0.2, 0.25) is 0 Å². The first-order valence-electron chi connectivity index (χ1n) is 9.14. The van der Waals surface area contributed by atoms with E-state index in [1.54, 1.807) is 0 Å². The lowest BCUT2D eigenvalue weighted by Crippen LogP contribution is -2.48. The van der Waals surface area contributed by atoms with Gasteiger partial charge in [-0.15, -0.1) is 0 Å². The summed E-state index contributed by atoms with van der Waals surface area (Å²) in [5.74, 6) is 0. The minimum atomic E-state index is 0. The average molecular weight is 356 g/mol. The first kappa shape index (κ1) is 17.1. The largest absolute Gasteiger partial charge is 1.00 e. The molecule has 2 heterocycles. The van der Waals surface area contributed by atoms with Crippen LogP contribution in [0, 0.1) is 0 Å². The van der Waals surface area contributed by atoms with Crippen LogP contribution >= 0.6 is 12.1 Å². The molecule has 0 bridgehead atoms. The fraction of sp³-hybridized carbons (Fsp3) is 0.400. The van der Waals surface area contributed by atoms with Crippen LogP contribution in [0.1, 0.15) is 24.6 Å². The first-order chi connectivity index (χ1) is 12.4. The third-order valence-electron chi connectivity index (χ3n) is 4.97. The van der Waals surface area contributed by atoms with Gasteiger partial charge in [-0.1, -0.05) is 60.7 Å². The molecule has 0 spiro atoms. The van der Waals surface area contributed by atoms with Gasteiger partial charge in [-0.2, -0.15) is 0 Å². The Bertz CT molecular complexity index is 600. The number of benzene rings is 2. The van der Waals surface area contributed by atoms with Crippen molar-refractivity contribution in [3.8, 4) is 0 Å². The zero-order chi connectivity index (χ0) is 16.9. The second-order valence-corrected chi connectivity index (χ2v) is 7.73. The Morgan fingerprint density at radius 2 is 1.16 bits per heavy atom. The molecular formula is C20H27N4S+. The third-order valence-corrected chi connectivity index (χ3v) is 6.26. The van der Waals surface area contributed by atoms with Gasteiger partial charge in [-0.3, -0.25) is 0 Å². The monoisotopic (exact) mass is 355 g/mol. The molecule has 0 saturated carbocycles. The molecule has 2 fully saturated rings. The summed E-state index contributed by atoms with van der Waals surface area (Å²) >= 11 is 1.93. The van der Waals surface area contributed by atoms with Crippen LogP contribution in [0.4, 0.5) is 0 Å². The lowest BCUT2D eigenvalue weighted by Gasteiger charge is -2.42. The van der Waals surface area contributed by atoms with E-state index in [0.717, 1.165) is 39.3 Å². The van der Waals surface area contributed by atoms with Crippen LogP contribution in [0.15, 0.2) is 60.7 Å². The standard InChI is InChI=1S/C20H26N4S/c1-3-7-17(8-4-1)19-15-21-11-13-23(19)25-24-14-12-22-16-20(24)18-9-5-2-6-10-18/h1-10,19-22H,11-16H2/p+1. The predicted molar refractivity (Wildman–Crippen MR) is 106 cm³/mol. The van der Waals surface area contributed by atoms with E-state index in [9.17, 15) is 0 Å². The van der Waals surface area contributed by atoms with Gasteiger partial charge in [0.05, 0.1) is 12.1 Å². The predicted octanol–water partition coefficient (Wildman–Crippen LogP) is 2.96. The van der Waals surface area contributed by atoms with Crippen molar-refractivity contribution in [1.82, 2.24) is 19.2 Å². The Morgan fingerprint density at radius 1 is 0.720 bits per heavy atom. The van der Waals surface area contributed by atoms with Crippen molar-refractivity contribution in [2.75, 3.05) is 39.3 Å². The second-order valence-electron chi connectivity index (χ2n) is 6.62. The average Bonchev–Trinajstić information content (AvgIpc) is 2.70. The number of nitrogens with one attached hydrogen (secondary N) is 2. The maximum atomic E-state index is 3.56. The quantitative estimate of drug-likeness (QED) is 0.824. The number of rotatable bonds is 4. The summed E-state index contributed by atoms with van der Waals surface area (Å²) in [6.45, 7) is 6.26. The SMILES string of the molecule is [H+].c1ccc(C2CNCCN2SN2CCNCC2c2ccccc2)cc1. The zero-order valence-electron chi connectivity index (χ0n) is 15.5. The van der Waals surface area contributed by atoms with E-state index in [4.69, 9.17) is 0 Å². The van der Waals surface area contributed by atoms with Gasteiger partial charge in [0.2, 0.25) is 0 Å². The smallest absolute Gasteiger partial charge is 0.313 e. The highest BCUT2D eigenvalue weighted by Crippen LogP contribution is 2.36. The summed E-state index contributed by atoms with van der Waals surface area (Å²) in [6, 6.07) is 22.6. The molecule has 4 rings (SSSR count). The Kier molecular flexibility index (Phi) is 5.69. The van der Waals surface area contributed by atoms with E-state index in [-0.39, 0.29) is 1.43 Å². The van der Waals surface area contributed by atoms with E-state index in [1.165, 1.54) is 11.1 Å². The van der Waals surface area contributed by atoms with Crippen LogP contribution < -0.4 is 10.6 Å². The summed E-state index contributed by atoms with van der Waals surface area (Å²) < 4.78 is 5.13. The molecule has 2 atom stereocenters. The van der Waals surface area contributed by atoms with E-state index < -0.39 is 0 Å². The topological polar surface area (TPSA) is 30.5 Å². The van der Waals surface area contributed by atoms with E-state index in [2.05, 4.69) is 79.9 Å². The van der Waals surface area contributed by atoms with Crippen LogP contribution in [-0.4, -0.2) is 47.9 Å². The second kappa shape index (κ2) is 8.34. The van der Waals surface area contributed by atoms with Gasteiger partial charge in [0, 0.05) is 51.4 Å². The molecule has 2 unspecified atom stereocenters. The molecule has 2 aromatic rings. The van der Waals surface area contributed by atoms with Crippen molar-refractivity contribution < 1.29 is 1.43 Å². The van der Waals surface area contributed by atoms with Crippen molar-refractivity contribution in [3.05, 3.63) is 71.8 Å². The summed E-state index contributed by atoms with van der Waals surface area (Å²) in [6.07, 6.45) is 0. The molecule has 2 saturated heterocycles. The zero-order valence-corrected chi connectivity index (χ0v) is 15.3. The van der Waals surface area contributed by atoms with Crippen molar-refractivity contribution in [1.29, 1.82) is 0 Å². The lowest BCUT2D eigenvalue weighted by atomic mass is 10.1. The number of nitrogens with zero attached hydrogens (tertiary/aromatic N) is 2. The van der Waals surface area contributed by atoms with Crippen LogP contribution in [0.5, 0.6) is 0 Å². The Balaban J connectivity index is 0.00000196. The Hall–Kier alpha value is -1.37. The van der Waals surface area contributed by atoms with E-state index >= 15 is 0 Å². The summed E-state index contributed by atoms with van der Waals surface area (Å²) in [5, 5.41) is 7.12. The highest BCUT2D eigenvalue weighted by molar-refractivity contribution is 7.94. The fourth-order valence-corrected chi connectivity index (χ4v) is 4.86. The normalized spacial score (nSPS) is 25.8. The summed E-state index contributed by atoms with van der Waals surface area (Å²) in [4.78, 5) is 0. The molecule has 0 radical (unpaired) electrons. The van der Waals surface area contributed by atoms with Crippen molar-refractivity contribution in [2.45, 2.75) is 12.1 Å². The maximum absolute atomic E-state index is 3.56. The van der Waals surface area contributed by atoms with E-state index in [0.29, 0.717) is 12.1 Å². The molecule has 2 N–H and O–H groups in total. The maximum Gasteiger partial charge on any atom is 1.00 e. The van der Waals surface area contributed by atoms with E-state index in [1.807, 2.05) is 12.1 Å². The molecular weight excluding hydrogens is 328 g/mol.